The van der Waals surface area contributed by atoms with Gasteiger partial charge in [0.25, 0.3) is 0 Å². The molecule has 0 saturated heterocycles. The average molecular weight is 99.2 g/mol. The lowest BCUT2D eigenvalue weighted by Crippen LogP contribution is -1.74. The van der Waals surface area contributed by atoms with Crippen LogP contribution in [-0.4, -0.2) is 12.8 Å². The summed E-state index contributed by atoms with van der Waals surface area (Å²) < 4.78 is 0. The van der Waals surface area contributed by atoms with Crippen LogP contribution in [0.25, 0.3) is 0 Å². The van der Waals surface area contributed by atoms with Crippen LogP contribution in [-0.2, 0) is 0 Å². The van der Waals surface area contributed by atoms with Crippen molar-refractivity contribution in [3.05, 3.63) is 0 Å². The molecule has 0 aliphatic rings. The molecule has 1 heteroatoms. The molecule has 0 aliphatic heterocycles. The van der Waals surface area contributed by atoms with E-state index in [1.165, 1.54) is 0 Å². The van der Waals surface area contributed by atoms with Gasteiger partial charge in [-0.15, -0.1) is 0 Å². The van der Waals surface area contributed by atoms with Crippen molar-refractivity contribution in [1.29, 1.82) is 0 Å². The highest BCUT2D eigenvalue weighted by atomic mass is 14.7. The van der Waals surface area contributed by atoms with Crippen molar-refractivity contribution in [2.24, 2.45) is 4.99 Å². The molecule has 0 rings (SSSR count). The van der Waals surface area contributed by atoms with Gasteiger partial charge in [0.15, 0.2) is 0 Å². The zero-order valence-electron chi connectivity index (χ0n) is 5.15. The Balaban J connectivity index is 2.78. The molecule has 1 nitrogen and oxygen atoms in total. The van der Waals surface area contributed by atoms with Crippen LogP contribution in [0.3, 0.4) is 0 Å². The summed E-state index contributed by atoms with van der Waals surface area (Å²) in [6.07, 6.45) is 4.19. The third-order valence-electron chi connectivity index (χ3n) is 0.664. The summed E-state index contributed by atoms with van der Waals surface area (Å²) in [7, 11) is 0. The van der Waals surface area contributed by atoms with Crippen molar-refractivity contribution in [2.75, 3.05) is 6.54 Å². The molecule has 0 atom stereocenters. The predicted molar refractivity (Wildman–Crippen MR) is 33.9 cm³/mol. The summed E-state index contributed by atoms with van der Waals surface area (Å²) in [5.41, 5.74) is 0. The Hall–Kier alpha value is -0.330. The van der Waals surface area contributed by atoms with Crippen LogP contribution in [0.15, 0.2) is 4.99 Å². The number of hydrogen-bond donors (Lipinski definition) is 0. The van der Waals surface area contributed by atoms with Gasteiger partial charge in [-0.2, -0.15) is 0 Å². The molecule has 0 bridgehead atoms. The van der Waals surface area contributed by atoms with Crippen LogP contribution in [0.1, 0.15) is 26.7 Å². The third kappa shape index (κ3) is 5.67. The van der Waals surface area contributed by atoms with Crippen LogP contribution in [0.4, 0.5) is 0 Å². The quantitative estimate of drug-likeness (QED) is 0.479. The van der Waals surface area contributed by atoms with Gasteiger partial charge in [-0.05, 0) is 19.1 Å². The fraction of sp³-hybridized carbons (Fsp3) is 0.833. The Morgan fingerprint density at radius 3 is 2.57 bits per heavy atom. The molecule has 42 valence electrons. The van der Waals surface area contributed by atoms with Gasteiger partial charge >= 0.3 is 0 Å². The molecular weight excluding hydrogens is 86.1 g/mol. The highest BCUT2D eigenvalue weighted by Crippen LogP contribution is 1.75. The minimum atomic E-state index is 0.994. The standard InChI is InChI=1S/C6H13N/c1-3-5-7-6-4-2/h5H,3-4,6H2,1-2H3/b7-5-. The second-order valence-electron chi connectivity index (χ2n) is 1.50. The maximum atomic E-state index is 4.08. The van der Waals surface area contributed by atoms with Crippen molar-refractivity contribution in [3.8, 4) is 0 Å². The Bertz CT molecular complexity index is 48.1. The molecule has 0 aromatic rings. The summed E-state index contributed by atoms with van der Waals surface area (Å²) in [6.45, 7) is 5.22. The predicted octanol–water partition coefficient (Wildman–Crippen LogP) is 1.88. The molecule has 0 amide bonds. The first-order chi connectivity index (χ1) is 3.41. The summed E-state index contributed by atoms with van der Waals surface area (Å²) in [6, 6.07) is 0. The van der Waals surface area contributed by atoms with E-state index >= 15 is 0 Å². The van der Waals surface area contributed by atoms with Crippen molar-refractivity contribution >= 4 is 6.21 Å². The molecular formula is C6H13N. The zero-order valence-corrected chi connectivity index (χ0v) is 5.15. The van der Waals surface area contributed by atoms with E-state index in [2.05, 4.69) is 18.8 Å². The van der Waals surface area contributed by atoms with Gasteiger partial charge < -0.3 is 0 Å². The van der Waals surface area contributed by atoms with Gasteiger partial charge in [-0.1, -0.05) is 13.8 Å². The van der Waals surface area contributed by atoms with E-state index in [0.717, 1.165) is 19.4 Å². The van der Waals surface area contributed by atoms with Gasteiger partial charge in [0.1, 0.15) is 0 Å². The minimum Gasteiger partial charge on any atom is -0.298 e. The molecule has 0 aromatic heterocycles. The molecule has 0 aliphatic carbocycles. The normalized spacial score (nSPS) is 10.6. The van der Waals surface area contributed by atoms with Gasteiger partial charge in [-0.25, -0.2) is 0 Å². The number of hydrogen-bond acceptors (Lipinski definition) is 1. The van der Waals surface area contributed by atoms with E-state index < -0.39 is 0 Å². The van der Waals surface area contributed by atoms with Crippen LogP contribution < -0.4 is 0 Å². The number of aliphatic imine (C=N–C) groups is 1. The summed E-state index contributed by atoms with van der Waals surface area (Å²) in [4.78, 5) is 4.08. The molecule has 7 heavy (non-hydrogen) atoms. The summed E-state index contributed by atoms with van der Waals surface area (Å²) >= 11 is 0. The van der Waals surface area contributed by atoms with Gasteiger partial charge in [0.05, 0.1) is 0 Å². The highest BCUT2D eigenvalue weighted by Gasteiger charge is 1.68. The first-order valence-corrected chi connectivity index (χ1v) is 2.90. The molecule has 0 heterocycles. The monoisotopic (exact) mass is 99.1 g/mol. The van der Waals surface area contributed by atoms with Gasteiger partial charge in [0.2, 0.25) is 0 Å². The second kappa shape index (κ2) is 5.67. The average Bonchev–Trinajstić information content (AvgIpc) is 1.69. The van der Waals surface area contributed by atoms with Gasteiger partial charge in [-0.3, -0.25) is 4.99 Å². The van der Waals surface area contributed by atoms with Crippen LogP contribution in [0, 0.1) is 0 Å². The lowest BCUT2D eigenvalue weighted by molar-refractivity contribution is 0.932. The zero-order chi connectivity index (χ0) is 5.54. The van der Waals surface area contributed by atoms with Crippen LogP contribution in [0.5, 0.6) is 0 Å². The largest absolute Gasteiger partial charge is 0.298 e. The SMILES string of the molecule is CC/C=N\CCC. The third-order valence-corrected chi connectivity index (χ3v) is 0.664. The minimum absolute atomic E-state index is 0.994. The maximum absolute atomic E-state index is 4.08. The Kier molecular flexibility index (Phi) is 5.40. The number of nitrogens with zero attached hydrogens (tertiary/aromatic N) is 1. The smallest absolute Gasteiger partial charge is 0.0382 e. The second-order valence-corrected chi connectivity index (χ2v) is 1.50. The maximum Gasteiger partial charge on any atom is 0.0382 e. The first kappa shape index (κ1) is 6.67. The Morgan fingerprint density at radius 2 is 2.14 bits per heavy atom. The van der Waals surface area contributed by atoms with Crippen molar-refractivity contribution in [1.82, 2.24) is 0 Å². The first-order valence-electron chi connectivity index (χ1n) is 2.90. The number of rotatable bonds is 3. The van der Waals surface area contributed by atoms with E-state index in [0.29, 0.717) is 0 Å². The highest BCUT2D eigenvalue weighted by molar-refractivity contribution is 5.56. The fourth-order valence-corrected chi connectivity index (χ4v) is 0.349. The Morgan fingerprint density at radius 1 is 1.43 bits per heavy atom. The molecule has 0 aromatic carbocycles. The lowest BCUT2D eigenvalue weighted by Gasteiger charge is -1.80. The molecule has 0 unspecified atom stereocenters. The van der Waals surface area contributed by atoms with E-state index in [4.69, 9.17) is 0 Å². The summed E-state index contributed by atoms with van der Waals surface area (Å²) in [5.74, 6) is 0. The van der Waals surface area contributed by atoms with E-state index in [9.17, 15) is 0 Å². The van der Waals surface area contributed by atoms with Crippen molar-refractivity contribution < 1.29 is 0 Å². The van der Waals surface area contributed by atoms with Crippen LogP contribution in [0.2, 0.25) is 0 Å². The lowest BCUT2D eigenvalue weighted by atomic mass is 10.5. The molecule has 0 N–H and O–H groups in total. The van der Waals surface area contributed by atoms with Crippen molar-refractivity contribution in [2.45, 2.75) is 26.7 Å². The van der Waals surface area contributed by atoms with E-state index in [1.54, 1.807) is 0 Å². The van der Waals surface area contributed by atoms with Gasteiger partial charge in [0, 0.05) is 6.54 Å². The van der Waals surface area contributed by atoms with Crippen LogP contribution >= 0.6 is 0 Å². The fourth-order valence-electron chi connectivity index (χ4n) is 0.349. The molecule has 0 saturated carbocycles. The Labute approximate surface area is 45.5 Å². The summed E-state index contributed by atoms with van der Waals surface area (Å²) in [5, 5.41) is 0. The molecule has 0 spiro atoms. The molecule has 0 radical (unpaired) electrons. The van der Waals surface area contributed by atoms with E-state index in [1.807, 2.05) is 6.21 Å². The topological polar surface area (TPSA) is 12.4 Å². The van der Waals surface area contributed by atoms with Crippen molar-refractivity contribution in [3.63, 3.8) is 0 Å². The van der Waals surface area contributed by atoms with E-state index in [-0.39, 0.29) is 0 Å². The molecule has 0 fully saturated rings.